The van der Waals surface area contributed by atoms with Crippen LogP contribution in [0.1, 0.15) is 36.6 Å². The number of hydrazone groups is 2. The van der Waals surface area contributed by atoms with Gasteiger partial charge in [-0.2, -0.15) is 10.2 Å². The lowest BCUT2D eigenvalue weighted by molar-refractivity contribution is 1.03. The standard InChI is InChI=1S/C16H22N8/c1-9-7-10(2)18-15(17-9)23-21-13(5)14(6)22-24-16-19-11(3)8-12(4)20-16/h7-8H,1-6H3,(H,17,18,23)(H,19,20,24)/b21-13-,22-14-. The number of rotatable bonds is 5. The van der Waals surface area contributed by atoms with Crippen LogP contribution in [0.5, 0.6) is 0 Å². The molecule has 126 valence electrons. The molecule has 0 radical (unpaired) electrons. The Bertz CT molecular complexity index is 687. The summed E-state index contributed by atoms with van der Waals surface area (Å²) in [6.07, 6.45) is 0. The van der Waals surface area contributed by atoms with Gasteiger partial charge in [-0.25, -0.2) is 30.8 Å². The van der Waals surface area contributed by atoms with Crippen molar-refractivity contribution in [1.29, 1.82) is 0 Å². The third kappa shape index (κ3) is 5.08. The van der Waals surface area contributed by atoms with E-state index in [-0.39, 0.29) is 0 Å². The zero-order valence-electron chi connectivity index (χ0n) is 14.8. The smallest absolute Gasteiger partial charge is 0.243 e. The minimum atomic E-state index is 0.463. The molecule has 0 aliphatic carbocycles. The maximum Gasteiger partial charge on any atom is 0.243 e. The van der Waals surface area contributed by atoms with Crippen LogP contribution >= 0.6 is 0 Å². The van der Waals surface area contributed by atoms with Crippen molar-refractivity contribution in [2.45, 2.75) is 41.5 Å². The van der Waals surface area contributed by atoms with Crippen molar-refractivity contribution in [2.24, 2.45) is 10.2 Å². The normalized spacial score (nSPS) is 12.2. The summed E-state index contributed by atoms with van der Waals surface area (Å²) in [5.74, 6) is 0.926. The first-order chi connectivity index (χ1) is 11.3. The van der Waals surface area contributed by atoms with Crippen LogP contribution in [0.15, 0.2) is 22.3 Å². The van der Waals surface area contributed by atoms with Crippen molar-refractivity contribution in [3.05, 3.63) is 34.9 Å². The number of hydrogen-bond acceptors (Lipinski definition) is 8. The Labute approximate surface area is 141 Å². The molecule has 2 aromatic heterocycles. The number of anilines is 2. The maximum atomic E-state index is 4.27. The first-order valence-electron chi connectivity index (χ1n) is 7.59. The molecular weight excluding hydrogens is 304 g/mol. The first-order valence-corrected chi connectivity index (χ1v) is 7.59. The summed E-state index contributed by atoms with van der Waals surface area (Å²) in [5, 5.41) is 8.51. The van der Waals surface area contributed by atoms with E-state index < -0.39 is 0 Å². The summed E-state index contributed by atoms with van der Waals surface area (Å²) in [7, 11) is 0. The molecule has 2 N–H and O–H groups in total. The predicted molar refractivity (Wildman–Crippen MR) is 96.5 cm³/mol. The van der Waals surface area contributed by atoms with Gasteiger partial charge in [0.2, 0.25) is 11.9 Å². The zero-order valence-corrected chi connectivity index (χ0v) is 14.8. The van der Waals surface area contributed by atoms with Crippen LogP contribution in [0, 0.1) is 27.7 Å². The lowest BCUT2D eigenvalue weighted by atomic mass is 10.3. The molecular formula is C16H22N8. The van der Waals surface area contributed by atoms with Gasteiger partial charge in [0.05, 0.1) is 11.4 Å². The molecule has 2 heterocycles. The van der Waals surface area contributed by atoms with Crippen molar-refractivity contribution < 1.29 is 0 Å². The number of nitrogens with one attached hydrogen (secondary N) is 2. The van der Waals surface area contributed by atoms with E-state index in [1.54, 1.807) is 0 Å². The minimum Gasteiger partial charge on any atom is -0.245 e. The van der Waals surface area contributed by atoms with E-state index in [2.05, 4.69) is 41.0 Å². The molecule has 8 heteroatoms. The highest BCUT2D eigenvalue weighted by Crippen LogP contribution is 2.05. The van der Waals surface area contributed by atoms with E-state index in [1.807, 2.05) is 53.7 Å². The highest BCUT2D eigenvalue weighted by Gasteiger charge is 2.02. The SMILES string of the molecule is CC(=N/Nc1nc(C)cc(C)n1)/C(C)=N\Nc1nc(C)cc(C)n1. The van der Waals surface area contributed by atoms with Gasteiger partial charge in [0, 0.05) is 22.8 Å². The van der Waals surface area contributed by atoms with Gasteiger partial charge < -0.3 is 0 Å². The number of aryl methyl sites for hydroxylation is 4. The van der Waals surface area contributed by atoms with Gasteiger partial charge in [-0.15, -0.1) is 0 Å². The summed E-state index contributed by atoms with van der Waals surface area (Å²) >= 11 is 0. The molecule has 0 bridgehead atoms. The van der Waals surface area contributed by atoms with Crippen molar-refractivity contribution in [3.8, 4) is 0 Å². The Balaban J connectivity index is 2.05. The van der Waals surface area contributed by atoms with Gasteiger partial charge >= 0.3 is 0 Å². The predicted octanol–water partition coefficient (Wildman–Crippen LogP) is 2.78. The molecule has 0 unspecified atom stereocenters. The Morgan fingerprint density at radius 2 is 0.958 bits per heavy atom. The van der Waals surface area contributed by atoms with Gasteiger partial charge in [-0.3, -0.25) is 0 Å². The zero-order chi connectivity index (χ0) is 17.7. The molecule has 0 amide bonds. The molecule has 0 aliphatic rings. The van der Waals surface area contributed by atoms with Crippen molar-refractivity contribution >= 4 is 23.3 Å². The lowest BCUT2D eigenvalue weighted by Crippen LogP contribution is -2.12. The monoisotopic (exact) mass is 326 g/mol. The molecule has 8 nitrogen and oxygen atoms in total. The molecule has 0 aliphatic heterocycles. The second kappa shape index (κ2) is 7.58. The van der Waals surface area contributed by atoms with Gasteiger partial charge in [0.1, 0.15) is 0 Å². The van der Waals surface area contributed by atoms with Crippen molar-refractivity contribution in [3.63, 3.8) is 0 Å². The molecule has 0 saturated carbocycles. The van der Waals surface area contributed by atoms with Crippen LogP contribution in [0.25, 0.3) is 0 Å². The van der Waals surface area contributed by atoms with Crippen LogP contribution in [0.4, 0.5) is 11.9 Å². The summed E-state index contributed by atoms with van der Waals surface area (Å²) in [6, 6.07) is 3.81. The van der Waals surface area contributed by atoms with Crippen LogP contribution in [0.2, 0.25) is 0 Å². The first kappa shape index (κ1) is 17.5. The third-order valence-corrected chi connectivity index (χ3v) is 3.14. The average molecular weight is 326 g/mol. The summed E-state index contributed by atoms with van der Waals surface area (Å²) in [6.45, 7) is 11.3. The highest BCUT2D eigenvalue weighted by atomic mass is 15.4. The van der Waals surface area contributed by atoms with Crippen LogP contribution in [-0.2, 0) is 0 Å². The second-order valence-corrected chi connectivity index (χ2v) is 5.57. The molecule has 0 aromatic carbocycles. The number of aromatic nitrogens is 4. The lowest BCUT2D eigenvalue weighted by Gasteiger charge is -2.05. The molecule has 0 spiro atoms. The minimum absolute atomic E-state index is 0.463. The van der Waals surface area contributed by atoms with E-state index in [4.69, 9.17) is 0 Å². The fourth-order valence-electron chi connectivity index (χ4n) is 1.98. The molecule has 2 aromatic rings. The van der Waals surface area contributed by atoms with Crippen LogP contribution in [-0.4, -0.2) is 31.4 Å². The van der Waals surface area contributed by atoms with Gasteiger partial charge in [0.25, 0.3) is 0 Å². The van der Waals surface area contributed by atoms with E-state index in [0.717, 1.165) is 22.8 Å². The second-order valence-electron chi connectivity index (χ2n) is 5.57. The number of nitrogens with zero attached hydrogens (tertiary/aromatic N) is 6. The summed E-state index contributed by atoms with van der Waals surface area (Å²) < 4.78 is 0. The fourth-order valence-corrected chi connectivity index (χ4v) is 1.98. The average Bonchev–Trinajstić information content (AvgIpc) is 2.48. The largest absolute Gasteiger partial charge is 0.245 e. The Kier molecular flexibility index (Phi) is 5.51. The van der Waals surface area contributed by atoms with Gasteiger partial charge in [0.15, 0.2) is 0 Å². The van der Waals surface area contributed by atoms with Crippen molar-refractivity contribution in [2.75, 3.05) is 10.9 Å². The quantitative estimate of drug-likeness (QED) is 0.647. The van der Waals surface area contributed by atoms with Gasteiger partial charge in [-0.05, 0) is 53.7 Å². The maximum absolute atomic E-state index is 4.27. The summed E-state index contributed by atoms with van der Waals surface area (Å²) in [5.41, 5.74) is 10.6. The Morgan fingerprint density at radius 3 is 1.25 bits per heavy atom. The van der Waals surface area contributed by atoms with E-state index >= 15 is 0 Å². The topological polar surface area (TPSA) is 100 Å². The third-order valence-electron chi connectivity index (χ3n) is 3.14. The molecule has 24 heavy (non-hydrogen) atoms. The van der Waals surface area contributed by atoms with Crippen LogP contribution in [0.3, 0.4) is 0 Å². The van der Waals surface area contributed by atoms with E-state index in [0.29, 0.717) is 23.3 Å². The van der Waals surface area contributed by atoms with E-state index in [1.165, 1.54) is 0 Å². The summed E-state index contributed by atoms with van der Waals surface area (Å²) in [4.78, 5) is 17.1. The van der Waals surface area contributed by atoms with Gasteiger partial charge in [-0.1, -0.05) is 0 Å². The Morgan fingerprint density at radius 1 is 0.667 bits per heavy atom. The molecule has 0 fully saturated rings. The highest BCUT2D eigenvalue weighted by molar-refractivity contribution is 6.40. The van der Waals surface area contributed by atoms with Crippen LogP contribution < -0.4 is 10.9 Å². The van der Waals surface area contributed by atoms with Crippen molar-refractivity contribution in [1.82, 2.24) is 19.9 Å². The number of hydrogen-bond donors (Lipinski definition) is 2. The van der Waals surface area contributed by atoms with E-state index in [9.17, 15) is 0 Å². The molecule has 0 saturated heterocycles. The Hall–Kier alpha value is -2.90. The molecule has 2 rings (SSSR count). The molecule has 0 atom stereocenters. The fraction of sp³-hybridized carbons (Fsp3) is 0.375.